The van der Waals surface area contributed by atoms with Crippen LogP contribution in [-0.2, 0) is 4.79 Å². The third-order valence-corrected chi connectivity index (χ3v) is 4.27. The third-order valence-electron chi connectivity index (χ3n) is 3.74. The second-order valence-electron chi connectivity index (χ2n) is 5.73. The monoisotopic (exact) mass is 395 g/mol. The van der Waals surface area contributed by atoms with Gasteiger partial charge in [-0.1, -0.05) is 57.9 Å². The average molecular weight is 396 g/mol. The molecule has 0 aliphatic heterocycles. The highest BCUT2D eigenvalue weighted by Crippen LogP contribution is 2.22. The normalized spacial score (nSPS) is 10.3. The van der Waals surface area contributed by atoms with Gasteiger partial charge in [0, 0.05) is 10.2 Å². The van der Waals surface area contributed by atoms with E-state index in [9.17, 15) is 4.79 Å². The van der Waals surface area contributed by atoms with Gasteiger partial charge in [-0.15, -0.1) is 0 Å². The van der Waals surface area contributed by atoms with Crippen molar-refractivity contribution >= 4 is 27.5 Å². The topological polar surface area (TPSA) is 38.3 Å². The second-order valence-corrected chi connectivity index (χ2v) is 6.65. The molecular formula is C21H18BrNO2. The van der Waals surface area contributed by atoms with E-state index in [0.717, 1.165) is 21.3 Å². The maximum absolute atomic E-state index is 11.9. The van der Waals surface area contributed by atoms with Gasteiger partial charge in [-0.2, -0.15) is 0 Å². The standard InChI is InChI=1S/C21H18BrNO2/c1-15-2-4-16(5-3-15)17-6-12-20(13-7-17)25-14-21(24)23-19-10-8-18(22)9-11-19/h2-13H,14H2,1H3,(H,23,24). The molecule has 0 aliphatic carbocycles. The summed E-state index contributed by atoms with van der Waals surface area (Å²) < 4.78 is 6.52. The minimum absolute atomic E-state index is 0.0278. The first-order valence-corrected chi connectivity index (χ1v) is 8.75. The largest absolute Gasteiger partial charge is 0.484 e. The molecule has 0 spiro atoms. The number of ether oxygens (including phenoxy) is 1. The predicted octanol–water partition coefficient (Wildman–Crippen LogP) is 5.44. The average Bonchev–Trinajstić information content (AvgIpc) is 2.63. The molecule has 3 aromatic carbocycles. The number of hydrogen-bond acceptors (Lipinski definition) is 2. The lowest BCUT2D eigenvalue weighted by molar-refractivity contribution is -0.118. The molecule has 0 atom stereocenters. The number of carbonyl (C=O) groups excluding carboxylic acids is 1. The quantitative estimate of drug-likeness (QED) is 0.624. The van der Waals surface area contributed by atoms with Crippen molar-refractivity contribution in [2.24, 2.45) is 0 Å². The van der Waals surface area contributed by atoms with Crippen molar-refractivity contribution in [1.82, 2.24) is 0 Å². The predicted molar refractivity (Wildman–Crippen MR) is 105 cm³/mol. The smallest absolute Gasteiger partial charge is 0.262 e. The van der Waals surface area contributed by atoms with E-state index in [2.05, 4.69) is 52.4 Å². The summed E-state index contributed by atoms with van der Waals surface area (Å²) in [5.74, 6) is 0.478. The Morgan fingerprint density at radius 2 is 1.44 bits per heavy atom. The minimum atomic E-state index is -0.190. The SMILES string of the molecule is Cc1ccc(-c2ccc(OCC(=O)Nc3ccc(Br)cc3)cc2)cc1. The van der Waals surface area contributed by atoms with Crippen molar-refractivity contribution in [3.8, 4) is 16.9 Å². The van der Waals surface area contributed by atoms with Gasteiger partial charge in [0.1, 0.15) is 5.75 Å². The van der Waals surface area contributed by atoms with Crippen molar-refractivity contribution in [2.75, 3.05) is 11.9 Å². The molecule has 0 fully saturated rings. The maximum Gasteiger partial charge on any atom is 0.262 e. The van der Waals surface area contributed by atoms with Gasteiger partial charge in [0.25, 0.3) is 5.91 Å². The van der Waals surface area contributed by atoms with Crippen LogP contribution in [0.5, 0.6) is 5.75 Å². The van der Waals surface area contributed by atoms with Gasteiger partial charge in [0.15, 0.2) is 6.61 Å². The van der Waals surface area contributed by atoms with Crippen molar-refractivity contribution in [1.29, 1.82) is 0 Å². The van der Waals surface area contributed by atoms with E-state index in [1.807, 2.05) is 48.5 Å². The van der Waals surface area contributed by atoms with Crippen molar-refractivity contribution in [3.05, 3.63) is 82.8 Å². The first-order chi connectivity index (χ1) is 12.1. The highest BCUT2D eigenvalue weighted by molar-refractivity contribution is 9.10. The number of halogens is 1. The zero-order chi connectivity index (χ0) is 17.6. The fraction of sp³-hybridized carbons (Fsp3) is 0.0952. The molecular weight excluding hydrogens is 378 g/mol. The second kappa shape index (κ2) is 7.99. The number of carbonyl (C=O) groups is 1. The van der Waals surface area contributed by atoms with Crippen LogP contribution in [0.3, 0.4) is 0 Å². The fourth-order valence-corrected chi connectivity index (χ4v) is 2.63. The summed E-state index contributed by atoms with van der Waals surface area (Å²) in [6.07, 6.45) is 0. The molecule has 25 heavy (non-hydrogen) atoms. The van der Waals surface area contributed by atoms with Crippen LogP contribution < -0.4 is 10.1 Å². The summed E-state index contributed by atoms with van der Waals surface area (Å²) in [6.45, 7) is 2.04. The summed E-state index contributed by atoms with van der Waals surface area (Å²) in [5.41, 5.74) is 4.25. The molecule has 0 radical (unpaired) electrons. The van der Waals surface area contributed by atoms with Crippen LogP contribution in [0.15, 0.2) is 77.3 Å². The molecule has 1 N–H and O–H groups in total. The van der Waals surface area contributed by atoms with Gasteiger partial charge < -0.3 is 10.1 Å². The van der Waals surface area contributed by atoms with Gasteiger partial charge in [-0.25, -0.2) is 0 Å². The Kier molecular flexibility index (Phi) is 5.51. The number of hydrogen-bond donors (Lipinski definition) is 1. The molecule has 0 unspecified atom stereocenters. The Morgan fingerprint density at radius 3 is 2.04 bits per heavy atom. The van der Waals surface area contributed by atoms with E-state index in [4.69, 9.17) is 4.74 Å². The molecule has 0 aliphatic rings. The lowest BCUT2D eigenvalue weighted by Gasteiger charge is -2.09. The molecule has 0 heterocycles. The van der Waals surface area contributed by atoms with Gasteiger partial charge in [0.05, 0.1) is 0 Å². The molecule has 0 aromatic heterocycles. The fourth-order valence-electron chi connectivity index (χ4n) is 2.37. The third kappa shape index (κ3) is 4.94. The molecule has 4 heteroatoms. The van der Waals surface area contributed by atoms with E-state index in [1.54, 1.807) is 0 Å². The summed E-state index contributed by atoms with van der Waals surface area (Å²) in [4.78, 5) is 11.9. The molecule has 126 valence electrons. The molecule has 0 saturated carbocycles. The zero-order valence-electron chi connectivity index (χ0n) is 13.8. The molecule has 3 nitrogen and oxygen atoms in total. The van der Waals surface area contributed by atoms with E-state index in [-0.39, 0.29) is 12.5 Å². The Balaban J connectivity index is 1.55. The molecule has 3 aromatic rings. The Bertz CT molecular complexity index is 841. The highest BCUT2D eigenvalue weighted by Gasteiger charge is 2.04. The number of nitrogens with one attached hydrogen (secondary N) is 1. The summed E-state index contributed by atoms with van der Waals surface area (Å²) in [7, 11) is 0. The first kappa shape index (κ1) is 17.2. The Morgan fingerprint density at radius 1 is 0.880 bits per heavy atom. The Labute approximate surface area is 155 Å². The van der Waals surface area contributed by atoms with Gasteiger partial charge in [-0.3, -0.25) is 4.79 Å². The van der Waals surface area contributed by atoms with Crippen molar-refractivity contribution in [3.63, 3.8) is 0 Å². The van der Waals surface area contributed by atoms with E-state index < -0.39 is 0 Å². The summed E-state index contributed by atoms with van der Waals surface area (Å²) in [5, 5.41) is 2.80. The number of anilines is 1. The number of benzene rings is 3. The van der Waals surface area contributed by atoms with Crippen LogP contribution in [0.4, 0.5) is 5.69 Å². The molecule has 0 saturated heterocycles. The molecule has 0 bridgehead atoms. The summed E-state index contributed by atoms with van der Waals surface area (Å²) >= 11 is 3.36. The minimum Gasteiger partial charge on any atom is -0.484 e. The number of aryl methyl sites for hydroxylation is 1. The summed E-state index contributed by atoms with van der Waals surface area (Å²) in [6, 6.07) is 23.5. The van der Waals surface area contributed by atoms with Crippen LogP contribution in [0, 0.1) is 6.92 Å². The van der Waals surface area contributed by atoms with Crippen LogP contribution in [0.1, 0.15) is 5.56 Å². The molecule has 3 rings (SSSR count). The van der Waals surface area contributed by atoms with E-state index >= 15 is 0 Å². The van der Waals surface area contributed by atoms with Crippen LogP contribution in [0.2, 0.25) is 0 Å². The van der Waals surface area contributed by atoms with Gasteiger partial charge in [0.2, 0.25) is 0 Å². The Hall–Kier alpha value is -2.59. The van der Waals surface area contributed by atoms with Gasteiger partial charge >= 0.3 is 0 Å². The van der Waals surface area contributed by atoms with Crippen LogP contribution in [0.25, 0.3) is 11.1 Å². The van der Waals surface area contributed by atoms with Crippen molar-refractivity contribution < 1.29 is 9.53 Å². The maximum atomic E-state index is 11.9. The highest BCUT2D eigenvalue weighted by atomic mass is 79.9. The first-order valence-electron chi connectivity index (χ1n) is 7.95. The van der Waals surface area contributed by atoms with E-state index in [0.29, 0.717) is 5.75 Å². The number of amides is 1. The van der Waals surface area contributed by atoms with E-state index in [1.165, 1.54) is 5.56 Å². The lowest BCUT2D eigenvalue weighted by atomic mass is 10.0. The van der Waals surface area contributed by atoms with Crippen molar-refractivity contribution in [2.45, 2.75) is 6.92 Å². The van der Waals surface area contributed by atoms with Gasteiger partial charge in [-0.05, 0) is 54.4 Å². The number of rotatable bonds is 5. The van der Waals surface area contributed by atoms with Crippen LogP contribution >= 0.6 is 15.9 Å². The zero-order valence-corrected chi connectivity index (χ0v) is 15.4. The molecule has 1 amide bonds. The lowest BCUT2D eigenvalue weighted by Crippen LogP contribution is -2.20. The van der Waals surface area contributed by atoms with Crippen LogP contribution in [-0.4, -0.2) is 12.5 Å².